The van der Waals surface area contributed by atoms with E-state index in [1.165, 1.54) is 0 Å². The Balaban J connectivity index is 1.69. The summed E-state index contributed by atoms with van der Waals surface area (Å²) in [5, 5.41) is 0. The minimum atomic E-state index is -0.186. The van der Waals surface area contributed by atoms with Gasteiger partial charge in [-0.3, -0.25) is 9.78 Å². The van der Waals surface area contributed by atoms with Crippen molar-refractivity contribution in [2.45, 2.75) is 13.0 Å². The summed E-state index contributed by atoms with van der Waals surface area (Å²) in [6.07, 6.45) is 3.04. The topological polar surface area (TPSA) is 51.7 Å². The van der Waals surface area contributed by atoms with Gasteiger partial charge < -0.3 is 14.4 Å². The molecule has 0 N–H and O–H groups in total. The molecule has 0 radical (unpaired) electrons. The number of ether oxygens (including phenoxy) is 2. The largest absolute Gasteiger partial charge is 0.486 e. The van der Waals surface area contributed by atoms with Crippen molar-refractivity contribution in [2.24, 2.45) is 0 Å². The van der Waals surface area contributed by atoms with Crippen molar-refractivity contribution >= 4 is 21.8 Å². The van der Waals surface area contributed by atoms with Crippen molar-refractivity contribution in [3.05, 3.63) is 52.8 Å². The highest BCUT2D eigenvalue weighted by atomic mass is 79.9. The number of nitrogens with zero attached hydrogens (tertiary/aromatic N) is 2. The van der Waals surface area contributed by atoms with Gasteiger partial charge in [0.05, 0.1) is 12.1 Å². The van der Waals surface area contributed by atoms with Crippen molar-refractivity contribution in [2.75, 3.05) is 19.7 Å². The minimum absolute atomic E-state index is 0.0660. The van der Waals surface area contributed by atoms with E-state index in [0.717, 1.165) is 16.0 Å². The number of hydrogen-bond acceptors (Lipinski definition) is 4. The van der Waals surface area contributed by atoms with Crippen LogP contribution in [0.15, 0.2) is 47.2 Å². The number of para-hydroxylation sites is 2. The molecule has 0 spiro atoms. The molecule has 1 aromatic heterocycles. The zero-order valence-corrected chi connectivity index (χ0v) is 14.3. The highest BCUT2D eigenvalue weighted by Crippen LogP contribution is 2.31. The van der Waals surface area contributed by atoms with E-state index in [-0.39, 0.29) is 12.0 Å². The molecule has 0 saturated carbocycles. The fourth-order valence-electron chi connectivity index (χ4n) is 2.47. The van der Waals surface area contributed by atoms with E-state index in [0.29, 0.717) is 25.3 Å². The molecule has 1 aromatic carbocycles. The summed E-state index contributed by atoms with van der Waals surface area (Å²) < 4.78 is 12.4. The van der Waals surface area contributed by atoms with Gasteiger partial charge in [-0.25, -0.2) is 0 Å². The molecular weight excluding hydrogens is 360 g/mol. The number of rotatable bonds is 4. The summed E-state index contributed by atoms with van der Waals surface area (Å²) in [4.78, 5) is 18.4. The lowest BCUT2D eigenvalue weighted by molar-refractivity contribution is 0.0474. The van der Waals surface area contributed by atoms with Crippen LogP contribution in [0, 0.1) is 0 Å². The van der Waals surface area contributed by atoms with Gasteiger partial charge in [-0.05, 0) is 41.1 Å². The molecule has 1 aliphatic rings. The van der Waals surface area contributed by atoms with Gasteiger partial charge in [-0.1, -0.05) is 12.1 Å². The van der Waals surface area contributed by atoms with Crippen molar-refractivity contribution in [3.63, 3.8) is 0 Å². The number of pyridine rings is 1. The van der Waals surface area contributed by atoms with Gasteiger partial charge in [0, 0.05) is 23.4 Å². The average molecular weight is 377 g/mol. The lowest BCUT2D eigenvalue weighted by Gasteiger charge is -2.30. The van der Waals surface area contributed by atoms with Gasteiger partial charge >= 0.3 is 0 Å². The van der Waals surface area contributed by atoms with Crippen LogP contribution in [-0.2, 0) is 0 Å². The number of amides is 1. The monoisotopic (exact) mass is 376 g/mol. The number of fused-ring (bicyclic) bond motifs is 1. The molecule has 6 heteroatoms. The predicted octanol–water partition coefficient (Wildman–Crippen LogP) is 3.15. The Kier molecular flexibility index (Phi) is 4.81. The van der Waals surface area contributed by atoms with Gasteiger partial charge in [0.15, 0.2) is 17.6 Å². The Morgan fingerprint density at radius 1 is 1.35 bits per heavy atom. The van der Waals surface area contributed by atoms with Crippen molar-refractivity contribution in [1.82, 2.24) is 9.88 Å². The number of likely N-dealkylation sites (N-methyl/N-ethyl adjacent to an activating group) is 1. The molecule has 0 fully saturated rings. The van der Waals surface area contributed by atoms with E-state index in [2.05, 4.69) is 20.9 Å². The Bertz CT molecular complexity index is 708. The summed E-state index contributed by atoms with van der Waals surface area (Å²) in [5.74, 6) is 1.40. The second-order valence-corrected chi connectivity index (χ2v) is 6.15. The molecule has 5 nitrogen and oxygen atoms in total. The molecular formula is C17H17BrN2O3. The molecule has 0 saturated heterocycles. The third kappa shape index (κ3) is 3.64. The molecule has 0 aliphatic carbocycles. The number of carbonyl (C=O) groups is 1. The van der Waals surface area contributed by atoms with Crippen LogP contribution in [0.4, 0.5) is 0 Å². The Morgan fingerprint density at radius 2 is 2.13 bits per heavy atom. The van der Waals surface area contributed by atoms with Crippen LogP contribution in [0.25, 0.3) is 0 Å². The average Bonchev–Trinajstić information content (AvgIpc) is 2.59. The first-order valence-corrected chi connectivity index (χ1v) is 8.25. The number of carbonyl (C=O) groups excluding carboxylic acids is 1. The van der Waals surface area contributed by atoms with Crippen LogP contribution in [0.3, 0.4) is 0 Å². The molecule has 1 aliphatic heterocycles. The van der Waals surface area contributed by atoms with Crippen LogP contribution in [-0.4, -0.2) is 41.6 Å². The molecule has 3 rings (SSSR count). The second kappa shape index (κ2) is 7.00. The van der Waals surface area contributed by atoms with E-state index in [1.807, 2.05) is 31.2 Å². The SMILES string of the molecule is CCN(CC1COc2ccccc2O1)C(=O)c1cncc(Br)c1. The van der Waals surface area contributed by atoms with Crippen LogP contribution in [0.5, 0.6) is 11.5 Å². The first-order valence-electron chi connectivity index (χ1n) is 7.45. The molecule has 1 unspecified atom stereocenters. The number of hydrogen-bond donors (Lipinski definition) is 0. The number of benzene rings is 1. The molecule has 2 heterocycles. The summed E-state index contributed by atoms with van der Waals surface area (Å²) >= 11 is 3.34. The molecule has 0 bridgehead atoms. The standard InChI is InChI=1S/C17H17BrN2O3/c1-2-20(17(21)12-7-13(18)9-19-8-12)10-14-11-22-15-5-3-4-6-16(15)23-14/h3-9,14H,2,10-11H2,1H3. The van der Waals surface area contributed by atoms with E-state index in [9.17, 15) is 4.79 Å². The normalized spacial score (nSPS) is 16.0. The van der Waals surface area contributed by atoms with Crippen molar-refractivity contribution in [3.8, 4) is 11.5 Å². The Hall–Kier alpha value is -2.08. The van der Waals surface area contributed by atoms with Gasteiger partial charge in [0.2, 0.25) is 0 Å². The predicted molar refractivity (Wildman–Crippen MR) is 89.9 cm³/mol. The summed E-state index contributed by atoms with van der Waals surface area (Å²) in [5.41, 5.74) is 0.554. The van der Waals surface area contributed by atoms with E-state index < -0.39 is 0 Å². The lowest BCUT2D eigenvalue weighted by Crippen LogP contribution is -2.43. The van der Waals surface area contributed by atoms with Crippen molar-refractivity contribution < 1.29 is 14.3 Å². The fourth-order valence-corrected chi connectivity index (χ4v) is 2.83. The highest BCUT2D eigenvalue weighted by molar-refractivity contribution is 9.10. The van der Waals surface area contributed by atoms with Crippen LogP contribution >= 0.6 is 15.9 Å². The fraction of sp³-hybridized carbons (Fsp3) is 0.294. The van der Waals surface area contributed by atoms with Gasteiger partial charge in [-0.15, -0.1) is 0 Å². The number of aromatic nitrogens is 1. The lowest BCUT2D eigenvalue weighted by atomic mass is 10.2. The molecule has 120 valence electrons. The third-order valence-electron chi connectivity index (χ3n) is 3.61. The quantitative estimate of drug-likeness (QED) is 0.822. The number of halogens is 1. The Morgan fingerprint density at radius 3 is 2.87 bits per heavy atom. The first kappa shape index (κ1) is 15.8. The van der Waals surface area contributed by atoms with E-state index >= 15 is 0 Å². The van der Waals surface area contributed by atoms with Crippen LogP contribution in [0.2, 0.25) is 0 Å². The van der Waals surface area contributed by atoms with Crippen molar-refractivity contribution in [1.29, 1.82) is 0 Å². The maximum absolute atomic E-state index is 12.6. The van der Waals surface area contributed by atoms with E-state index in [1.54, 1.807) is 23.4 Å². The first-order chi connectivity index (χ1) is 11.2. The van der Waals surface area contributed by atoms with Gasteiger partial charge in [-0.2, -0.15) is 0 Å². The second-order valence-electron chi connectivity index (χ2n) is 5.23. The summed E-state index contributed by atoms with van der Waals surface area (Å²) in [7, 11) is 0. The zero-order valence-electron chi connectivity index (χ0n) is 12.7. The van der Waals surface area contributed by atoms with Crippen LogP contribution < -0.4 is 9.47 Å². The molecule has 2 aromatic rings. The van der Waals surface area contributed by atoms with Gasteiger partial charge in [0.25, 0.3) is 5.91 Å². The van der Waals surface area contributed by atoms with E-state index in [4.69, 9.17) is 9.47 Å². The smallest absolute Gasteiger partial charge is 0.255 e. The van der Waals surface area contributed by atoms with Crippen LogP contribution in [0.1, 0.15) is 17.3 Å². The highest BCUT2D eigenvalue weighted by Gasteiger charge is 2.25. The summed E-state index contributed by atoms with van der Waals surface area (Å²) in [6.45, 7) is 3.43. The molecule has 1 amide bonds. The molecule has 23 heavy (non-hydrogen) atoms. The maximum Gasteiger partial charge on any atom is 0.255 e. The third-order valence-corrected chi connectivity index (χ3v) is 4.05. The Labute approximate surface area is 143 Å². The summed E-state index contributed by atoms with van der Waals surface area (Å²) in [6, 6.07) is 9.33. The molecule has 1 atom stereocenters. The zero-order chi connectivity index (χ0) is 16.2. The maximum atomic E-state index is 12.6. The van der Waals surface area contributed by atoms with Gasteiger partial charge in [0.1, 0.15) is 6.61 Å². The minimum Gasteiger partial charge on any atom is -0.486 e.